The van der Waals surface area contributed by atoms with Crippen LogP contribution >= 0.6 is 23.1 Å². The third-order valence-electron chi connectivity index (χ3n) is 4.87. The van der Waals surface area contributed by atoms with E-state index >= 15 is 0 Å². The molecule has 0 radical (unpaired) electrons. The highest BCUT2D eigenvalue weighted by atomic mass is 32.2. The number of amides is 1. The van der Waals surface area contributed by atoms with E-state index in [1.165, 1.54) is 0 Å². The number of nitrogens with one attached hydrogen (secondary N) is 1. The number of thiazole rings is 1. The number of furan rings is 1. The minimum Gasteiger partial charge on any atom is -0.451 e. The average molecular weight is 403 g/mol. The Labute approximate surface area is 166 Å². The number of rotatable bonds is 5. The Bertz CT molecular complexity index is 942. The summed E-state index contributed by atoms with van der Waals surface area (Å²) in [6, 6.07) is 7.86. The van der Waals surface area contributed by atoms with Crippen LogP contribution < -0.4 is 5.32 Å². The van der Waals surface area contributed by atoms with E-state index in [-0.39, 0.29) is 18.1 Å². The lowest BCUT2D eigenvalue weighted by Gasteiger charge is -2.25. The molecule has 7 heteroatoms. The van der Waals surface area contributed by atoms with Gasteiger partial charge in [0.25, 0.3) is 5.91 Å². The molecule has 0 aliphatic heterocycles. The molecule has 2 aromatic heterocycles. The lowest BCUT2D eigenvalue weighted by atomic mass is 9.93. The van der Waals surface area contributed by atoms with Gasteiger partial charge in [0.2, 0.25) is 0 Å². The first-order valence-corrected chi connectivity index (χ1v) is 11.0. The molecule has 2 N–H and O–H groups in total. The van der Waals surface area contributed by atoms with Crippen molar-refractivity contribution in [2.75, 3.05) is 0 Å². The topological polar surface area (TPSA) is 75.4 Å². The van der Waals surface area contributed by atoms with Gasteiger partial charge in [0.1, 0.15) is 9.92 Å². The van der Waals surface area contributed by atoms with Gasteiger partial charge in [0.05, 0.1) is 6.10 Å². The fourth-order valence-corrected chi connectivity index (χ4v) is 5.31. The molecule has 3 aromatic rings. The molecule has 0 saturated heterocycles. The number of aromatic nitrogens is 1. The first kappa shape index (κ1) is 18.5. The summed E-state index contributed by atoms with van der Waals surface area (Å²) >= 11 is 3.24. The molecule has 2 heterocycles. The second-order valence-electron chi connectivity index (χ2n) is 6.93. The summed E-state index contributed by atoms with van der Waals surface area (Å²) in [4.78, 5) is 17.4. The van der Waals surface area contributed by atoms with Crippen LogP contribution in [-0.2, 0) is 5.75 Å². The monoisotopic (exact) mass is 402 g/mol. The summed E-state index contributed by atoms with van der Waals surface area (Å²) in [7, 11) is 0. The van der Waals surface area contributed by atoms with Crippen LogP contribution in [0.2, 0.25) is 0 Å². The maximum absolute atomic E-state index is 12.9. The van der Waals surface area contributed by atoms with E-state index < -0.39 is 0 Å². The Morgan fingerprint density at radius 3 is 2.85 bits per heavy atom. The Morgan fingerprint density at radius 2 is 2.11 bits per heavy atom. The molecule has 1 aliphatic rings. The molecular formula is C20H22N2O3S2. The van der Waals surface area contributed by atoms with Crippen molar-refractivity contribution >= 4 is 40.0 Å². The average Bonchev–Trinajstić information content (AvgIpc) is 3.25. The molecule has 1 aliphatic carbocycles. The molecule has 27 heavy (non-hydrogen) atoms. The van der Waals surface area contributed by atoms with Crippen molar-refractivity contribution in [1.29, 1.82) is 0 Å². The predicted molar refractivity (Wildman–Crippen MR) is 108 cm³/mol. The zero-order chi connectivity index (χ0) is 18.8. The van der Waals surface area contributed by atoms with Crippen molar-refractivity contribution < 1.29 is 14.3 Å². The van der Waals surface area contributed by atoms with Gasteiger partial charge in [-0.15, -0.1) is 11.3 Å². The third-order valence-corrected chi connectivity index (χ3v) is 7.04. The van der Waals surface area contributed by atoms with E-state index in [0.717, 1.165) is 52.2 Å². The van der Waals surface area contributed by atoms with E-state index in [0.29, 0.717) is 11.5 Å². The van der Waals surface area contributed by atoms with Crippen LogP contribution in [0.1, 0.15) is 47.5 Å². The SMILES string of the molecule is Cc1csc(SCc2c(C(=O)NC3CCC(O)CC3)oc3ccccc23)n1. The summed E-state index contributed by atoms with van der Waals surface area (Å²) in [5, 5.41) is 15.8. The van der Waals surface area contributed by atoms with Gasteiger partial charge in [-0.2, -0.15) is 0 Å². The number of carbonyl (C=O) groups excluding carboxylic acids is 1. The van der Waals surface area contributed by atoms with Crippen molar-refractivity contribution in [2.45, 2.75) is 54.8 Å². The van der Waals surface area contributed by atoms with Crippen molar-refractivity contribution in [3.8, 4) is 0 Å². The van der Waals surface area contributed by atoms with Gasteiger partial charge in [0.15, 0.2) is 5.76 Å². The van der Waals surface area contributed by atoms with Crippen molar-refractivity contribution in [3.05, 3.63) is 46.7 Å². The Balaban J connectivity index is 1.56. The number of hydrogen-bond donors (Lipinski definition) is 2. The molecule has 0 spiro atoms. The van der Waals surface area contributed by atoms with Crippen LogP contribution in [-0.4, -0.2) is 28.1 Å². The van der Waals surface area contributed by atoms with Gasteiger partial charge < -0.3 is 14.8 Å². The number of benzene rings is 1. The standard InChI is InChI=1S/C20H22N2O3S2/c1-12-10-26-20(21-12)27-11-16-15-4-2-3-5-17(15)25-18(16)19(24)22-13-6-8-14(23)9-7-13/h2-5,10,13-14,23H,6-9,11H2,1H3,(H,22,24). The van der Waals surface area contributed by atoms with Gasteiger partial charge in [-0.3, -0.25) is 4.79 Å². The number of para-hydroxylation sites is 1. The molecule has 1 aromatic carbocycles. The van der Waals surface area contributed by atoms with Crippen LogP contribution in [0.25, 0.3) is 11.0 Å². The van der Waals surface area contributed by atoms with Gasteiger partial charge in [-0.05, 0) is 38.7 Å². The van der Waals surface area contributed by atoms with Crippen molar-refractivity contribution in [3.63, 3.8) is 0 Å². The van der Waals surface area contributed by atoms with Gasteiger partial charge in [-0.1, -0.05) is 30.0 Å². The van der Waals surface area contributed by atoms with Gasteiger partial charge in [-0.25, -0.2) is 4.98 Å². The predicted octanol–water partition coefficient (Wildman–Crippen LogP) is 4.52. The normalized spacial score (nSPS) is 20.1. The Morgan fingerprint density at radius 1 is 1.33 bits per heavy atom. The first-order valence-electron chi connectivity index (χ1n) is 9.14. The summed E-state index contributed by atoms with van der Waals surface area (Å²) < 4.78 is 6.92. The van der Waals surface area contributed by atoms with Crippen LogP contribution in [0.4, 0.5) is 0 Å². The maximum Gasteiger partial charge on any atom is 0.287 e. The highest BCUT2D eigenvalue weighted by Crippen LogP contribution is 2.33. The highest BCUT2D eigenvalue weighted by molar-refractivity contribution is 8.00. The molecule has 1 fully saturated rings. The second-order valence-corrected chi connectivity index (χ2v) is 9.01. The smallest absolute Gasteiger partial charge is 0.287 e. The summed E-state index contributed by atoms with van der Waals surface area (Å²) in [5.41, 5.74) is 2.65. The minimum absolute atomic E-state index is 0.0937. The number of hydrogen-bond acceptors (Lipinski definition) is 6. The van der Waals surface area contributed by atoms with E-state index in [1.807, 2.05) is 36.6 Å². The number of aliphatic hydroxyl groups is 1. The molecular weight excluding hydrogens is 380 g/mol. The van der Waals surface area contributed by atoms with Crippen LogP contribution in [0.3, 0.4) is 0 Å². The van der Waals surface area contributed by atoms with Crippen LogP contribution in [0, 0.1) is 6.92 Å². The number of aryl methyl sites for hydroxylation is 1. The Hall–Kier alpha value is -1.83. The fraction of sp³-hybridized carbons (Fsp3) is 0.400. The Kier molecular flexibility index (Phi) is 5.52. The van der Waals surface area contributed by atoms with Crippen LogP contribution in [0.15, 0.2) is 38.4 Å². The van der Waals surface area contributed by atoms with Gasteiger partial charge in [0, 0.05) is 33.8 Å². The fourth-order valence-electron chi connectivity index (χ4n) is 3.43. The zero-order valence-electron chi connectivity index (χ0n) is 15.1. The lowest BCUT2D eigenvalue weighted by molar-refractivity contribution is 0.0844. The van der Waals surface area contributed by atoms with E-state index in [4.69, 9.17) is 4.42 Å². The molecule has 1 amide bonds. The third kappa shape index (κ3) is 4.20. The second kappa shape index (κ2) is 8.04. The molecule has 0 unspecified atom stereocenters. The molecule has 0 bridgehead atoms. The van der Waals surface area contributed by atoms with Crippen molar-refractivity contribution in [2.24, 2.45) is 0 Å². The largest absolute Gasteiger partial charge is 0.451 e. The zero-order valence-corrected chi connectivity index (χ0v) is 16.7. The maximum atomic E-state index is 12.9. The van der Waals surface area contributed by atoms with Crippen molar-refractivity contribution in [1.82, 2.24) is 10.3 Å². The first-order chi connectivity index (χ1) is 13.1. The number of carbonyl (C=O) groups is 1. The molecule has 0 atom stereocenters. The van der Waals surface area contributed by atoms with E-state index in [9.17, 15) is 9.90 Å². The molecule has 5 nitrogen and oxygen atoms in total. The van der Waals surface area contributed by atoms with Crippen LogP contribution in [0.5, 0.6) is 0 Å². The lowest BCUT2D eigenvalue weighted by Crippen LogP contribution is -2.38. The number of aliphatic hydroxyl groups excluding tert-OH is 1. The number of fused-ring (bicyclic) bond motifs is 1. The van der Waals surface area contributed by atoms with Gasteiger partial charge >= 0.3 is 0 Å². The van der Waals surface area contributed by atoms with E-state index in [1.54, 1.807) is 23.1 Å². The number of thioether (sulfide) groups is 1. The summed E-state index contributed by atoms with van der Waals surface area (Å²) in [5.74, 6) is 0.859. The minimum atomic E-state index is -0.238. The summed E-state index contributed by atoms with van der Waals surface area (Å²) in [6.07, 6.45) is 2.83. The quantitative estimate of drug-likeness (QED) is 0.614. The number of nitrogens with zero attached hydrogens (tertiary/aromatic N) is 1. The summed E-state index contributed by atoms with van der Waals surface area (Å²) in [6.45, 7) is 1.98. The highest BCUT2D eigenvalue weighted by Gasteiger charge is 2.25. The molecule has 142 valence electrons. The van der Waals surface area contributed by atoms with E-state index in [2.05, 4.69) is 10.3 Å². The molecule has 1 saturated carbocycles. The molecule has 4 rings (SSSR count).